The third kappa shape index (κ3) is 6.64. The lowest BCUT2D eigenvalue weighted by Crippen LogP contribution is -2.19. The van der Waals surface area contributed by atoms with Crippen molar-refractivity contribution in [3.05, 3.63) is 24.3 Å². The molecule has 1 aromatic heterocycles. The Labute approximate surface area is 122 Å². The standard InChI is InChI=1S/C16H26N2O2/c1-3-5-6-7-8-10-14(9-4-2)20-16(19)15-13-17-11-12-18-15/h11-14H,3-10H2,1-2H3. The van der Waals surface area contributed by atoms with Gasteiger partial charge in [-0.05, 0) is 19.3 Å². The van der Waals surface area contributed by atoms with E-state index in [0.29, 0.717) is 5.69 Å². The van der Waals surface area contributed by atoms with Crippen LogP contribution in [0.3, 0.4) is 0 Å². The topological polar surface area (TPSA) is 52.1 Å². The third-order valence-electron chi connectivity index (χ3n) is 3.29. The zero-order valence-electron chi connectivity index (χ0n) is 12.7. The maximum Gasteiger partial charge on any atom is 0.358 e. The molecule has 0 N–H and O–H groups in total. The summed E-state index contributed by atoms with van der Waals surface area (Å²) in [5.74, 6) is -0.356. The van der Waals surface area contributed by atoms with Crippen molar-refractivity contribution < 1.29 is 9.53 Å². The Bertz CT molecular complexity index is 368. The Morgan fingerprint density at radius 2 is 1.90 bits per heavy atom. The van der Waals surface area contributed by atoms with Gasteiger partial charge in [0.25, 0.3) is 0 Å². The number of carbonyl (C=O) groups excluding carboxylic acids is 1. The Kier molecular flexibility index (Phi) is 8.59. The van der Waals surface area contributed by atoms with Gasteiger partial charge in [-0.1, -0.05) is 46.0 Å². The number of nitrogens with zero attached hydrogens (tertiary/aromatic N) is 2. The van der Waals surface area contributed by atoms with Gasteiger partial charge >= 0.3 is 5.97 Å². The average Bonchev–Trinajstić information content (AvgIpc) is 2.48. The Morgan fingerprint density at radius 3 is 2.55 bits per heavy atom. The van der Waals surface area contributed by atoms with Gasteiger partial charge in [-0.3, -0.25) is 4.98 Å². The zero-order chi connectivity index (χ0) is 14.6. The molecular weight excluding hydrogens is 252 g/mol. The van der Waals surface area contributed by atoms with Gasteiger partial charge < -0.3 is 4.74 Å². The molecule has 0 aliphatic carbocycles. The molecule has 0 amide bonds. The van der Waals surface area contributed by atoms with Crippen LogP contribution in [0.15, 0.2) is 18.6 Å². The second-order valence-corrected chi connectivity index (χ2v) is 5.11. The van der Waals surface area contributed by atoms with Crippen LogP contribution in [-0.4, -0.2) is 22.0 Å². The minimum Gasteiger partial charge on any atom is -0.458 e. The molecule has 1 rings (SSSR count). The Hall–Kier alpha value is -1.45. The van der Waals surface area contributed by atoms with E-state index in [1.165, 1.54) is 38.1 Å². The highest BCUT2D eigenvalue weighted by atomic mass is 16.5. The lowest BCUT2D eigenvalue weighted by Gasteiger charge is -2.16. The van der Waals surface area contributed by atoms with Crippen LogP contribution in [-0.2, 0) is 4.74 Å². The van der Waals surface area contributed by atoms with Gasteiger partial charge in [0.15, 0.2) is 5.69 Å². The van der Waals surface area contributed by atoms with Crippen molar-refractivity contribution in [2.75, 3.05) is 0 Å². The molecule has 20 heavy (non-hydrogen) atoms. The smallest absolute Gasteiger partial charge is 0.358 e. The summed E-state index contributed by atoms with van der Waals surface area (Å²) in [5, 5.41) is 0. The highest BCUT2D eigenvalue weighted by molar-refractivity contribution is 5.86. The first kappa shape index (κ1) is 16.6. The molecule has 0 radical (unpaired) electrons. The van der Waals surface area contributed by atoms with Crippen molar-refractivity contribution in [2.45, 2.75) is 71.3 Å². The SMILES string of the molecule is CCCCCCCC(CCC)OC(=O)c1cnccn1. The number of hydrogen-bond acceptors (Lipinski definition) is 4. The minimum absolute atomic E-state index is 0.0103. The predicted molar refractivity (Wildman–Crippen MR) is 79.5 cm³/mol. The van der Waals surface area contributed by atoms with E-state index in [1.54, 1.807) is 6.20 Å². The first-order valence-corrected chi connectivity index (χ1v) is 7.74. The monoisotopic (exact) mass is 278 g/mol. The van der Waals surface area contributed by atoms with Crippen molar-refractivity contribution in [2.24, 2.45) is 0 Å². The summed E-state index contributed by atoms with van der Waals surface area (Å²) in [5.41, 5.74) is 0.291. The Morgan fingerprint density at radius 1 is 1.10 bits per heavy atom. The predicted octanol–water partition coefficient (Wildman–Crippen LogP) is 4.16. The summed E-state index contributed by atoms with van der Waals surface area (Å²) in [6.07, 6.45) is 13.6. The van der Waals surface area contributed by atoms with Crippen LogP contribution in [0.1, 0.15) is 75.7 Å². The van der Waals surface area contributed by atoms with E-state index in [1.807, 2.05) is 0 Å². The van der Waals surface area contributed by atoms with E-state index in [2.05, 4.69) is 23.8 Å². The molecule has 1 aromatic rings. The molecular formula is C16H26N2O2. The lowest BCUT2D eigenvalue weighted by atomic mass is 10.1. The highest BCUT2D eigenvalue weighted by Crippen LogP contribution is 2.15. The van der Waals surface area contributed by atoms with E-state index in [0.717, 1.165) is 25.7 Å². The second kappa shape index (κ2) is 10.4. The van der Waals surface area contributed by atoms with E-state index in [4.69, 9.17) is 4.74 Å². The van der Waals surface area contributed by atoms with Crippen LogP contribution < -0.4 is 0 Å². The number of ether oxygens (including phenoxy) is 1. The summed E-state index contributed by atoms with van der Waals surface area (Å²) in [6, 6.07) is 0. The summed E-state index contributed by atoms with van der Waals surface area (Å²) in [7, 11) is 0. The number of carbonyl (C=O) groups is 1. The van der Waals surface area contributed by atoms with Gasteiger partial charge in [-0.15, -0.1) is 0 Å². The molecule has 0 aromatic carbocycles. The molecule has 0 saturated carbocycles. The lowest BCUT2D eigenvalue weighted by molar-refractivity contribution is 0.0246. The number of rotatable bonds is 10. The van der Waals surface area contributed by atoms with Crippen molar-refractivity contribution >= 4 is 5.97 Å². The minimum atomic E-state index is -0.356. The molecule has 1 unspecified atom stereocenters. The fourth-order valence-corrected chi connectivity index (χ4v) is 2.18. The quantitative estimate of drug-likeness (QED) is 0.476. The van der Waals surface area contributed by atoms with E-state index in [9.17, 15) is 4.79 Å². The maximum absolute atomic E-state index is 11.9. The van der Waals surface area contributed by atoms with Gasteiger partial charge in [0.05, 0.1) is 6.20 Å². The van der Waals surface area contributed by atoms with Gasteiger partial charge in [0.2, 0.25) is 0 Å². The zero-order valence-corrected chi connectivity index (χ0v) is 12.7. The van der Waals surface area contributed by atoms with Crippen molar-refractivity contribution in [1.82, 2.24) is 9.97 Å². The normalized spacial score (nSPS) is 12.1. The van der Waals surface area contributed by atoms with E-state index < -0.39 is 0 Å². The summed E-state index contributed by atoms with van der Waals surface area (Å²) >= 11 is 0. The summed E-state index contributed by atoms with van der Waals surface area (Å²) in [6.45, 7) is 4.32. The van der Waals surface area contributed by atoms with Crippen LogP contribution >= 0.6 is 0 Å². The van der Waals surface area contributed by atoms with Gasteiger partial charge in [0.1, 0.15) is 6.10 Å². The molecule has 0 saturated heterocycles. The second-order valence-electron chi connectivity index (χ2n) is 5.11. The number of hydrogen-bond donors (Lipinski definition) is 0. The largest absolute Gasteiger partial charge is 0.458 e. The number of esters is 1. The molecule has 112 valence electrons. The maximum atomic E-state index is 11.9. The van der Waals surface area contributed by atoms with Crippen LogP contribution in [0.4, 0.5) is 0 Å². The van der Waals surface area contributed by atoms with Crippen LogP contribution in [0.5, 0.6) is 0 Å². The highest BCUT2D eigenvalue weighted by Gasteiger charge is 2.16. The third-order valence-corrected chi connectivity index (χ3v) is 3.29. The fraction of sp³-hybridized carbons (Fsp3) is 0.688. The molecule has 0 fully saturated rings. The summed E-state index contributed by atoms with van der Waals surface area (Å²) in [4.78, 5) is 19.8. The first-order chi connectivity index (χ1) is 9.77. The summed E-state index contributed by atoms with van der Waals surface area (Å²) < 4.78 is 5.54. The molecule has 0 aliphatic rings. The Balaban J connectivity index is 2.36. The van der Waals surface area contributed by atoms with Gasteiger partial charge in [-0.2, -0.15) is 0 Å². The van der Waals surface area contributed by atoms with Gasteiger partial charge in [0, 0.05) is 12.4 Å². The molecule has 0 aliphatic heterocycles. The number of unbranched alkanes of at least 4 members (excludes halogenated alkanes) is 4. The fourth-order valence-electron chi connectivity index (χ4n) is 2.18. The van der Waals surface area contributed by atoms with Crippen LogP contribution in [0.2, 0.25) is 0 Å². The first-order valence-electron chi connectivity index (χ1n) is 7.74. The van der Waals surface area contributed by atoms with E-state index in [-0.39, 0.29) is 12.1 Å². The van der Waals surface area contributed by atoms with Crippen molar-refractivity contribution in [1.29, 1.82) is 0 Å². The molecule has 1 heterocycles. The molecule has 0 spiro atoms. The molecule has 1 atom stereocenters. The molecule has 4 nitrogen and oxygen atoms in total. The molecule has 0 bridgehead atoms. The van der Waals surface area contributed by atoms with Crippen LogP contribution in [0.25, 0.3) is 0 Å². The average molecular weight is 278 g/mol. The van der Waals surface area contributed by atoms with Gasteiger partial charge in [-0.25, -0.2) is 9.78 Å². The van der Waals surface area contributed by atoms with Crippen LogP contribution in [0, 0.1) is 0 Å². The molecule has 4 heteroatoms. The van der Waals surface area contributed by atoms with E-state index >= 15 is 0 Å². The number of aromatic nitrogens is 2. The van der Waals surface area contributed by atoms with Crippen molar-refractivity contribution in [3.8, 4) is 0 Å². The van der Waals surface area contributed by atoms with Crippen molar-refractivity contribution in [3.63, 3.8) is 0 Å².